The van der Waals surface area contributed by atoms with Crippen molar-refractivity contribution in [2.24, 2.45) is 5.92 Å². The Morgan fingerprint density at radius 3 is 2.46 bits per heavy atom. The van der Waals surface area contributed by atoms with E-state index in [1.54, 1.807) is 25.1 Å². The number of sulfone groups is 1. The Kier molecular flexibility index (Phi) is 8.40. The van der Waals surface area contributed by atoms with Crippen LogP contribution in [0, 0.1) is 5.92 Å². The maximum absolute atomic E-state index is 13.3. The second-order valence-electron chi connectivity index (χ2n) is 14.2. The smallest absolute Gasteiger partial charge is 0.274 e. The van der Waals surface area contributed by atoms with Gasteiger partial charge in [-0.15, -0.1) is 10.2 Å². The first-order valence-electron chi connectivity index (χ1n) is 17.6. The van der Waals surface area contributed by atoms with E-state index in [2.05, 4.69) is 43.0 Å². The van der Waals surface area contributed by atoms with E-state index in [0.717, 1.165) is 53.9 Å². The highest BCUT2D eigenvalue weighted by Gasteiger charge is 2.42. The van der Waals surface area contributed by atoms with Crippen molar-refractivity contribution in [1.29, 1.82) is 0 Å². The summed E-state index contributed by atoms with van der Waals surface area (Å²) in [6, 6.07) is 12.3. The van der Waals surface area contributed by atoms with Gasteiger partial charge in [0.25, 0.3) is 5.91 Å². The van der Waals surface area contributed by atoms with E-state index >= 15 is 0 Å². The van der Waals surface area contributed by atoms with Crippen molar-refractivity contribution in [3.8, 4) is 11.1 Å². The summed E-state index contributed by atoms with van der Waals surface area (Å²) in [4.78, 5) is 34.1. The van der Waals surface area contributed by atoms with Gasteiger partial charge in [-0.05, 0) is 56.1 Å². The number of benzene rings is 1. The summed E-state index contributed by atoms with van der Waals surface area (Å²) in [5.74, 6) is -0.233. The average molecular weight is 716 g/mol. The molecule has 2 amide bonds. The average Bonchev–Trinajstić information content (AvgIpc) is 4.05. The zero-order valence-electron chi connectivity index (χ0n) is 29.2. The highest BCUT2D eigenvalue weighted by Crippen LogP contribution is 2.49. The maximum atomic E-state index is 13.3. The highest BCUT2D eigenvalue weighted by molar-refractivity contribution is 7.91. The molecule has 1 aromatic carbocycles. The molecule has 52 heavy (non-hydrogen) atoms. The van der Waals surface area contributed by atoms with E-state index in [-0.39, 0.29) is 63.8 Å². The molecule has 3 aromatic heterocycles. The van der Waals surface area contributed by atoms with Crippen molar-refractivity contribution in [3.05, 3.63) is 65.7 Å². The molecule has 1 atom stereocenters. The zero-order chi connectivity index (χ0) is 36.5. The standard InChI is InChI=1S/C35H38B2N10O4S/c1-4-52(50,51)29-10-6-9-27(41-29)35(36,37)46-17-22(18-46)47-31-19(2)45(3)32-23(24(31)16-38-47)7-5-8-25(32)40-26-15-28(42-33(48)20-11-12-20)43-44-30(26)34(49)39-21-13-14-21/h5-10,15-16,19-22H,4,11-14,17-18H2,1-3H3,(H,39,49)(H2,40,42,43,48). The highest BCUT2D eigenvalue weighted by atomic mass is 32.2. The van der Waals surface area contributed by atoms with Gasteiger partial charge < -0.3 is 25.8 Å². The van der Waals surface area contributed by atoms with E-state index in [0.29, 0.717) is 18.8 Å². The Hall–Kier alpha value is -4.76. The van der Waals surface area contributed by atoms with E-state index in [1.807, 2.05) is 41.0 Å². The van der Waals surface area contributed by atoms with E-state index in [4.69, 9.17) is 20.8 Å². The van der Waals surface area contributed by atoms with Crippen LogP contribution in [-0.4, -0.2) is 97.7 Å². The van der Waals surface area contributed by atoms with Crippen LogP contribution in [0.25, 0.3) is 11.1 Å². The minimum Gasteiger partial charge on any atom is -0.364 e. The number of nitrogens with zero attached hydrogens (tertiary/aromatic N) is 7. The zero-order valence-corrected chi connectivity index (χ0v) is 30.0. The lowest BCUT2D eigenvalue weighted by Crippen LogP contribution is -2.60. The maximum Gasteiger partial charge on any atom is 0.274 e. The fourth-order valence-electron chi connectivity index (χ4n) is 6.85. The van der Waals surface area contributed by atoms with Crippen molar-refractivity contribution in [2.45, 2.75) is 68.0 Å². The minimum absolute atomic E-state index is 0.0145. The Bertz CT molecular complexity index is 2200. The number of likely N-dealkylation sites (tertiary alicyclic amines) is 1. The van der Waals surface area contributed by atoms with Crippen LogP contribution in [0.15, 0.2) is 53.7 Å². The van der Waals surface area contributed by atoms with Gasteiger partial charge in [-0.3, -0.25) is 14.3 Å². The number of aromatic nitrogens is 5. The largest absolute Gasteiger partial charge is 0.364 e. The molecule has 4 aromatic rings. The molecular formula is C35H38B2N10O4S. The van der Waals surface area contributed by atoms with Crippen molar-refractivity contribution in [1.82, 2.24) is 35.2 Å². The molecule has 264 valence electrons. The summed E-state index contributed by atoms with van der Waals surface area (Å²) >= 11 is 0. The quantitative estimate of drug-likeness (QED) is 0.195. The number of anilines is 4. The summed E-state index contributed by atoms with van der Waals surface area (Å²) in [6.07, 6.45) is 5.43. The van der Waals surface area contributed by atoms with Crippen LogP contribution in [-0.2, 0) is 20.0 Å². The Labute approximate surface area is 304 Å². The van der Waals surface area contributed by atoms with Crippen LogP contribution in [0.3, 0.4) is 0 Å². The summed E-state index contributed by atoms with van der Waals surface area (Å²) < 4.78 is 27.0. The van der Waals surface area contributed by atoms with E-state index in [9.17, 15) is 18.0 Å². The first kappa shape index (κ1) is 34.3. The van der Waals surface area contributed by atoms with Gasteiger partial charge in [0, 0.05) is 55.0 Å². The lowest BCUT2D eigenvalue weighted by molar-refractivity contribution is -0.117. The molecule has 0 spiro atoms. The van der Waals surface area contributed by atoms with Gasteiger partial charge in [-0.1, -0.05) is 25.1 Å². The Morgan fingerprint density at radius 1 is 1.00 bits per heavy atom. The molecule has 14 nitrogen and oxygen atoms in total. The molecule has 2 aliphatic heterocycles. The van der Waals surface area contributed by atoms with Crippen LogP contribution in [0.2, 0.25) is 0 Å². The van der Waals surface area contributed by atoms with E-state index < -0.39 is 15.2 Å². The first-order valence-corrected chi connectivity index (χ1v) is 19.2. The molecule has 3 N–H and O–H groups in total. The number of nitrogens with one attached hydrogen (secondary N) is 3. The third kappa shape index (κ3) is 6.12. The second kappa shape index (κ2) is 12.7. The third-order valence-corrected chi connectivity index (χ3v) is 12.1. The first-order chi connectivity index (χ1) is 24.9. The number of para-hydroxylation sites is 1. The van der Waals surface area contributed by atoms with Crippen LogP contribution >= 0.6 is 0 Å². The molecule has 17 heteroatoms. The predicted octanol–water partition coefficient (Wildman–Crippen LogP) is 3.03. The second-order valence-corrected chi connectivity index (χ2v) is 16.4. The van der Waals surface area contributed by atoms with Gasteiger partial charge >= 0.3 is 0 Å². The summed E-state index contributed by atoms with van der Waals surface area (Å²) in [7, 11) is 11.7. The minimum atomic E-state index is -3.53. The molecule has 5 heterocycles. The summed E-state index contributed by atoms with van der Waals surface area (Å²) in [5, 5.41) is 21.0. The number of pyridine rings is 1. The monoisotopic (exact) mass is 716 g/mol. The van der Waals surface area contributed by atoms with Crippen LogP contribution in [0.5, 0.6) is 0 Å². The molecule has 4 aliphatic rings. The van der Waals surface area contributed by atoms with Gasteiger partial charge in [0.2, 0.25) is 5.91 Å². The molecule has 2 aliphatic carbocycles. The number of rotatable bonds is 11. The van der Waals surface area contributed by atoms with Crippen molar-refractivity contribution in [2.75, 3.05) is 41.4 Å². The number of carbonyl (C=O) groups is 2. The number of fused-ring (bicyclic) bond motifs is 3. The van der Waals surface area contributed by atoms with Crippen LogP contribution < -0.4 is 20.9 Å². The number of carbonyl (C=O) groups excluding carboxylic acids is 2. The fourth-order valence-corrected chi connectivity index (χ4v) is 7.67. The molecule has 1 unspecified atom stereocenters. The van der Waals surface area contributed by atoms with Crippen LogP contribution in [0.4, 0.5) is 22.9 Å². The molecule has 1 saturated heterocycles. The van der Waals surface area contributed by atoms with Gasteiger partial charge in [0.15, 0.2) is 26.4 Å². The van der Waals surface area contributed by atoms with Gasteiger partial charge in [-0.25, -0.2) is 13.4 Å². The van der Waals surface area contributed by atoms with Crippen molar-refractivity contribution >= 4 is 60.2 Å². The third-order valence-electron chi connectivity index (χ3n) is 10.4. The topological polar surface area (TPSA) is 167 Å². The van der Waals surface area contributed by atoms with Gasteiger partial charge in [-0.2, -0.15) is 5.10 Å². The molecular weight excluding hydrogens is 678 g/mol. The Morgan fingerprint density at radius 2 is 1.75 bits per heavy atom. The van der Waals surface area contributed by atoms with Gasteiger partial charge in [0.1, 0.15) is 0 Å². The van der Waals surface area contributed by atoms with Crippen molar-refractivity contribution < 1.29 is 18.0 Å². The van der Waals surface area contributed by atoms with Gasteiger partial charge in [0.05, 0.1) is 62.5 Å². The predicted molar refractivity (Wildman–Crippen MR) is 197 cm³/mol. The SMILES string of the molecule is [B]C([B])(c1cccc(S(=O)(=O)CC)n1)N1CC(n2ncc3c2C(C)N(C)c2c(Nc4cc(NC(=O)C5CC5)nnc4C(=O)NC4CC4)cccc2-3)C1. The number of hydrogen-bond donors (Lipinski definition) is 3. The Balaban J connectivity index is 1.07. The molecule has 2 saturated carbocycles. The number of hydrogen-bond acceptors (Lipinski definition) is 11. The fraction of sp³-hybridized carbons (Fsp3) is 0.429. The molecule has 3 fully saturated rings. The van der Waals surface area contributed by atoms with Crippen molar-refractivity contribution in [3.63, 3.8) is 0 Å². The number of amides is 2. The molecule has 8 rings (SSSR count). The molecule has 0 bridgehead atoms. The van der Waals surface area contributed by atoms with Crippen LogP contribution in [0.1, 0.15) is 73.5 Å². The molecule has 4 radical (unpaired) electrons. The lowest BCUT2D eigenvalue weighted by atomic mass is 9.57. The lowest BCUT2D eigenvalue weighted by Gasteiger charge is -2.50. The normalized spacial score (nSPS) is 19.0. The van der Waals surface area contributed by atoms with E-state index in [1.165, 1.54) is 6.07 Å². The summed E-state index contributed by atoms with van der Waals surface area (Å²) in [6.45, 7) is 4.65. The summed E-state index contributed by atoms with van der Waals surface area (Å²) in [5.41, 5.74) is 5.50.